The van der Waals surface area contributed by atoms with Crippen molar-refractivity contribution in [1.82, 2.24) is 4.98 Å². The number of benzene rings is 1. The van der Waals surface area contributed by atoms with Crippen LogP contribution >= 0.6 is 24.8 Å². The van der Waals surface area contributed by atoms with Crippen molar-refractivity contribution in [3.63, 3.8) is 0 Å². The Hall–Kier alpha value is -1.98. The first-order chi connectivity index (χ1) is 10.5. The van der Waals surface area contributed by atoms with Crippen molar-refractivity contribution in [3.05, 3.63) is 47.7 Å². The molecule has 132 valence electrons. The van der Waals surface area contributed by atoms with Crippen LogP contribution < -0.4 is 16.0 Å². The maximum absolute atomic E-state index is 12.3. The van der Waals surface area contributed by atoms with Crippen LogP contribution in [0.15, 0.2) is 36.5 Å². The summed E-state index contributed by atoms with van der Waals surface area (Å²) in [6, 6.07) is 9.08. The number of halogens is 2. The summed E-state index contributed by atoms with van der Waals surface area (Å²) < 4.78 is 0. The maximum Gasteiger partial charge on any atom is 0.256 e. The summed E-state index contributed by atoms with van der Waals surface area (Å²) in [5.74, 6) is 0.727. The maximum atomic E-state index is 12.3. The number of nitrogen functional groups attached to an aromatic ring is 1. The molecular formula is C17H24Cl2N4O. The number of carbonyl (C=O) groups is 1. The number of anilines is 3. The Morgan fingerprint density at radius 1 is 1.17 bits per heavy atom. The summed E-state index contributed by atoms with van der Waals surface area (Å²) >= 11 is 0. The first kappa shape index (κ1) is 22.0. The Kier molecular flexibility index (Phi) is 9.18. The minimum absolute atomic E-state index is 0. The first-order valence-corrected chi connectivity index (χ1v) is 7.43. The summed E-state index contributed by atoms with van der Waals surface area (Å²) in [5.41, 5.74) is 8.45. The lowest BCUT2D eigenvalue weighted by molar-refractivity contribution is 0.102. The number of carbonyl (C=O) groups excluding carboxylic acids is 1. The van der Waals surface area contributed by atoms with E-state index in [0.717, 1.165) is 24.5 Å². The number of rotatable bonds is 5. The minimum Gasteiger partial charge on any atom is -0.399 e. The zero-order valence-corrected chi connectivity index (χ0v) is 15.7. The van der Waals surface area contributed by atoms with Crippen LogP contribution in [0.25, 0.3) is 0 Å². The van der Waals surface area contributed by atoms with Gasteiger partial charge in [0, 0.05) is 24.3 Å². The molecule has 0 bridgehead atoms. The van der Waals surface area contributed by atoms with Gasteiger partial charge in [0.05, 0.1) is 11.9 Å². The van der Waals surface area contributed by atoms with E-state index in [0.29, 0.717) is 16.9 Å². The Morgan fingerprint density at radius 2 is 1.83 bits per heavy atom. The molecule has 0 aliphatic rings. The summed E-state index contributed by atoms with van der Waals surface area (Å²) in [6.07, 6.45) is 1.67. The Labute approximate surface area is 155 Å². The van der Waals surface area contributed by atoms with Gasteiger partial charge in [0.15, 0.2) is 0 Å². The van der Waals surface area contributed by atoms with Gasteiger partial charge in [0.1, 0.15) is 5.82 Å². The van der Waals surface area contributed by atoms with Gasteiger partial charge in [-0.05, 0) is 50.6 Å². The summed E-state index contributed by atoms with van der Waals surface area (Å²) in [5, 5.41) is 2.85. The smallest absolute Gasteiger partial charge is 0.256 e. The van der Waals surface area contributed by atoms with E-state index in [1.165, 1.54) is 0 Å². The van der Waals surface area contributed by atoms with Crippen LogP contribution in [0, 0.1) is 6.92 Å². The fraction of sp³-hybridized carbons (Fsp3) is 0.294. The third-order valence-corrected chi connectivity index (χ3v) is 3.60. The molecule has 2 rings (SSSR count). The van der Waals surface area contributed by atoms with E-state index in [1.54, 1.807) is 18.3 Å². The number of nitrogens with zero attached hydrogens (tertiary/aromatic N) is 2. The third kappa shape index (κ3) is 5.28. The van der Waals surface area contributed by atoms with Gasteiger partial charge < -0.3 is 16.0 Å². The number of hydrogen-bond donors (Lipinski definition) is 2. The lowest BCUT2D eigenvalue weighted by Gasteiger charge is -2.19. The van der Waals surface area contributed by atoms with Crippen LogP contribution in [0.5, 0.6) is 0 Å². The van der Waals surface area contributed by atoms with Crippen molar-refractivity contribution < 1.29 is 4.79 Å². The number of aromatic nitrogens is 1. The molecule has 0 spiro atoms. The van der Waals surface area contributed by atoms with Crippen molar-refractivity contribution in [2.45, 2.75) is 20.8 Å². The predicted molar refractivity (Wildman–Crippen MR) is 106 cm³/mol. The molecular weight excluding hydrogens is 347 g/mol. The van der Waals surface area contributed by atoms with Crippen LogP contribution in [-0.2, 0) is 0 Å². The van der Waals surface area contributed by atoms with E-state index in [1.807, 2.05) is 25.1 Å². The molecule has 0 aliphatic carbocycles. The predicted octanol–water partition coefficient (Wildman–Crippen LogP) is 3.91. The number of aryl methyl sites for hydroxylation is 1. The van der Waals surface area contributed by atoms with Gasteiger partial charge in [-0.2, -0.15) is 0 Å². The summed E-state index contributed by atoms with van der Waals surface area (Å²) in [7, 11) is 0. The van der Waals surface area contributed by atoms with Crippen molar-refractivity contribution in [2.75, 3.05) is 29.0 Å². The highest BCUT2D eigenvalue weighted by Gasteiger charge is 2.10. The molecule has 24 heavy (non-hydrogen) atoms. The average Bonchev–Trinajstić information content (AvgIpc) is 2.52. The van der Waals surface area contributed by atoms with Crippen molar-refractivity contribution in [2.24, 2.45) is 0 Å². The minimum atomic E-state index is -0.179. The van der Waals surface area contributed by atoms with Gasteiger partial charge in [-0.25, -0.2) is 4.98 Å². The summed E-state index contributed by atoms with van der Waals surface area (Å²) in [6.45, 7) is 7.86. The molecule has 0 aliphatic heterocycles. The number of nitrogens with two attached hydrogens (primary N) is 1. The van der Waals surface area contributed by atoms with Crippen LogP contribution in [0.1, 0.15) is 29.8 Å². The molecule has 3 N–H and O–H groups in total. The van der Waals surface area contributed by atoms with E-state index in [2.05, 4.69) is 29.0 Å². The van der Waals surface area contributed by atoms with Crippen LogP contribution in [0.2, 0.25) is 0 Å². The fourth-order valence-corrected chi connectivity index (χ4v) is 2.28. The third-order valence-electron chi connectivity index (χ3n) is 3.60. The number of pyridine rings is 1. The average molecular weight is 371 g/mol. The number of amides is 1. The zero-order chi connectivity index (χ0) is 16.1. The van der Waals surface area contributed by atoms with Crippen LogP contribution in [0.4, 0.5) is 17.2 Å². The lowest BCUT2D eigenvalue weighted by atomic mass is 10.1. The quantitative estimate of drug-likeness (QED) is 0.782. The molecule has 0 saturated heterocycles. The SMILES string of the molecule is CCN(CC)c1ccc(NC(=O)c2cc(N)ccc2C)cn1.Cl.Cl. The molecule has 0 fully saturated rings. The van der Waals surface area contributed by atoms with Gasteiger partial charge in [-0.3, -0.25) is 4.79 Å². The van der Waals surface area contributed by atoms with E-state index < -0.39 is 0 Å². The fourth-order valence-electron chi connectivity index (χ4n) is 2.28. The van der Waals surface area contributed by atoms with Gasteiger partial charge >= 0.3 is 0 Å². The molecule has 0 radical (unpaired) electrons. The van der Waals surface area contributed by atoms with Crippen molar-refractivity contribution in [3.8, 4) is 0 Å². The highest BCUT2D eigenvalue weighted by Crippen LogP contribution is 2.17. The second kappa shape index (κ2) is 10.0. The van der Waals surface area contributed by atoms with Gasteiger partial charge in [0.25, 0.3) is 5.91 Å². The molecule has 0 atom stereocenters. The van der Waals surface area contributed by atoms with Gasteiger partial charge in [-0.15, -0.1) is 24.8 Å². The largest absolute Gasteiger partial charge is 0.399 e. The topological polar surface area (TPSA) is 71.2 Å². The first-order valence-electron chi connectivity index (χ1n) is 7.43. The van der Waals surface area contributed by atoms with E-state index in [9.17, 15) is 4.79 Å². The van der Waals surface area contributed by atoms with Crippen LogP contribution in [-0.4, -0.2) is 24.0 Å². The summed E-state index contributed by atoms with van der Waals surface area (Å²) in [4.78, 5) is 18.9. The highest BCUT2D eigenvalue weighted by molar-refractivity contribution is 6.05. The van der Waals surface area contributed by atoms with Crippen molar-refractivity contribution in [1.29, 1.82) is 0 Å². The standard InChI is InChI=1S/C17H22N4O.2ClH/c1-4-21(5-2)16-9-8-14(11-19-16)20-17(22)15-10-13(18)7-6-12(15)3;;/h6-11H,4-5,18H2,1-3H3,(H,20,22);2*1H. The van der Waals surface area contributed by atoms with E-state index in [4.69, 9.17) is 5.73 Å². The molecule has 0 saturated carbocycles. The monoisotopic (exact) mass is 370 g/mol. The second-order valence-electron chi connectivity index (χ2n) is 5.11. The molecule has 2 aromatic rings. The number of nitrogens with one attached hydrogen (secondary N) is 1. The van der Waals surface area contributed by atoms with E-state index in [-0.39, 0.29) is 30.7 Å². The molecule has 1 aromatic heterocycles. The molecule has 0 unspecified atom stereocenters. The zero-order valence-electron chi connectivity index (χ0n) is 14.1. The normalized spacial score (nSPS) is 9.46. The Bertz CT molecular complexity index is 658. The molecule has 1 heterocycles. The Balaban J connectivity index is 0.00000264. The van der Waals surface area contributed by atoms with E-state index >= 15 is 0 Å². The number of hydrogen-bond acceptors (Lipinski definition) is 4. The second-order valence-corrected chi connectivity index (χ2v) is 5.11. The Morgan fingerprint density at radius 3 is 2.38 bits per heavy atom. The molecule has 1 amide bonds. The lowest BCUT2D eigenvalue weighted by Crippen LogP contribution is -2.23. The molecule has 1 aromatic carbocycles. The molecule has 7 heteroatoms. The molecule has 5 nitrogen and oxygen atoms in total. The van der Waals surface area contributed by atoms with Gasteiger partial charge in [0.2, 0.25) is 0 Å². The van der Waals surface area contributed by atoms with Crippen molar-refractivity contribution >= 4 is 47.9 Å². The highest BCUT2D eigenvalue weighted by atomic mass is 35.5. The van der Waals surface area contributed by atoms with Gasteiger partial charge in [-0.1, -0.05) is 6.07 Å². The van der Waals surface area contributed by atoms with Crippen LogP contribution in [0.3, 0.4) is 0 Å².